The molecule has 0 aliphatic carbocycles. The molecule has 200 valence electrons. The maximum atomic E-state index is 13.0. The van der Waals surface area contributed by atoms with E-state index < -0.39 is 5.91 Å². The van der Waals surface area contributed by atoms with Gasteiger partial charge in [-0.3, -0.25) is 15.6 Å². The third-order valence-corrected chi connectivity index (χ3v) is 6.35. The number of nitrogens with two attached hydrogens (primary N) is 1. The number of amides is 2. The maximum absolute atomic E-state index is 13.0. The van der Waals surface area contributed by atoms with Crippen molar-refractivity contribution >= 4 is 63.6 Å². The number of aliphatic imine (C=N–C) groups is 1. The number of quaternary nitrogens is 1. The SMILES string of the molecule is CC1=NN(c2ccc(Cl)cc2)C(=O)C1=C[NH2+][N-]C1=NC(=C(C#[NH+])C(=O)[N-]c2ccc(Cl)cc2)c2ccccc21.[Ni+2]. The van der Waals surface area contributed by atoms with Crippen molar-refractivity contribution in [3.8, 4) is 6.07 Å². The van der Waals surface area contributed by atoms with Crippen LogP contribution in [0.5, 0.6) is 0 Å². The number of hydrogen-bond acceptors (Lipinski definition) is 4. The molecule has 3 aromatic rings. The molecule has 5 rings (SSSR count). The number of amidine groups is 1. The Morgan fingerprint density at radius 3 is 2.27 bits per heavy atom. The summed E-state index contributed by atoms with van der Waals surface area (Å²) in [5.74, 6) is -0.649. The summed E-state index contributed by atoms with van der Waals surface area (Å²) in [6, 6.07) is 22.6. The van der Waals surface area contributed by atoms with E-state index in [0.29, 0.717) is 49.7 Å². The molecule has 2 aliphatic heterocycles. The van der Waals surface area contributed by atoms with Crippen molar-refractivity contribution in [2.24, 2.45) is 10.1 Å². The Kier molecular flexibility index (Phi) is 8.83. The van der Waals surface area contributed by atoms with Crippen molar-refractivity contribution in [1.82, 2.24) is 0 Å². The van der Waals surface area contributed by atoms with Gasteiger partial charge in [-0.1, -0.05) is 64.9 Å². The van der Waals surface area contributed by atoms with Crippen LogP contribution in [0.4, 0.5) is 11.4 Å². The molecule has 2 amide bonds. The van der Waals surface area contributed by atoms with Crippen LogP contribution in [0, 0.1) is 6.07 Å². The standard InChI is InChI=1S/C28H19Cl2N7O2.Ni/c1-16-24(28(39)37(36-16)20-12-8-18(30)9-13-20)15-32-35-26-22-5-3-2-4-21(22)25(34-26)23(14-31)27(38)33-19-10-6-17(29)7-11-19;/h2-13,15H,32H2,1H3,(H-,33,34,35,38);/q;+2. The van der Waals surface area contributed by atoms with Crippen LogP contribution in [0.25, 0.3) is 16.4 Å². The van der Waals surface area contributed by atoms with Gasteiger partial charge in [-0.05, 0) is 60.1 Å². The Balaban J connectivity index is 0.00000370. The monoisotopic (exact) mass is 613 g/mol. The van der Waals surface area contributed by atoms with Crippen molar-refractivity contribution in [2.75, 3.05) is 5.01 Å². The van der Waals surface area contributed by atoms with E-state index >= 15 is 0 Å². The normalized spacial score (nSPS) is 16.0. The first kappa shape index (κ1) is 28.7. The van der Waals surface area contributed by atoms with Gasteiger partial charge in [0.1, 0.15) is 23.3 Å². The van der Waals surface area contributed by atoms with Gasteiger partial charge in [0, 0.05) is 15.9 Å². The van der Waals surface area contributed by atoms with Crippen LogP contribution in [-0.2, 0) is 26.1 Å². The second kappa shape index (κ2) is 12.3. The largest absolute Gasteiger partial charge is 2.00 e. The number of carbonyl (C=O) groups is 2. The molecule has 2 aliphatic rings. The number of nitrogens with one attached hydrogen (secondary N) is 1. The van der Waals surface area contributed by atoms with E-state index in [-0.39, 0.29) is 33.7 Å². The molecule has 9 nitrogen and oxygen atoms in total. The van der Waals surface area contributed by atoms with Crippen LogP contribution in [0.15, 0.2) is 100 Å². The Labute approximate surface area is 249 Å². The molecule has 0 bridgehead atoms. The van der Waals surface area contributed by atoms with Gasteiger partial charge in [0.25, 0.3) is 5.91 Å². The van der Waals surface area contributed by atoms with Gasteiger partial charge in [-0.15, -0.1) is 5.69 Å². The summed E-state index contributed by atoms with van der Waals surface area (Å²) in [6.07, 6.45) is 1.56. The van der Waals surface area contributed by atoms with Crippen molar-refractivity contribution in [3.05, 3.63) is 122 Å². The molecular weight excluding hydrogens is 596 g/mol. The van der Waals surface area contributed by atoms with E-state index in [1.54, 1.807) is 73.8 Å². The Hall–Kier alpha value is -4.26. The van der Waals surface area contributed by atoms with Crippen molar-refractivity contribution in [1.29, 1.82) is 0 Å². The number of carbonyl (C=O) groups excluding carboxylic acids is 2. The molecule has 0 saturated heterocycles. The summed E-state index contributed by atoms with van der Waals surface area (Å²) in [7, 11) is 0. The summed E-state index contributed by atoms with van der Waals surface area (Å²) in [6.45, 7) is 1.73. The van der Waals surface area contributed by atoms with Crippen molar-refractivity contribution in [3.63, 3.8) is 0 Å². The Morgan fingerprint density at radius 2 is 1.62 bits per heavy atom. The summed E-state index contributed by atoms with van der Waals surface area (Å²) in [5.41, 5.74) is 9.24. The molecule has 0 unspecified atom stereocenters. The fraction of sp³-hybridized carbons (Fsp3) is 0.0357. The number of halogens is 2. The minimum atomic E-state index is -0.668. The second-order valence-electron chi connectivity index (χ2n) is 8.36. The quantitative estimate of drug-likeness (QED) is 0.149. The van der Waals surface area contributed by atoms with Crippen LogP contribution < -0.4 is 15.7 Å². The summed E-state index contributed by atoms with van der Waals surface area (Å²) in [4.78, 5) is 30.4. The van der Waals surface area contributed by atoms with Gasteiger partial charge in [0.2, 0.25) is 0 Å². The zero-order chi connectivity index (χ0) is 27.5. The van der Waals surface area contributed by atoms with E-state index in [2.05, 4.69) is 26.9 Å². The molecule has 0 spiro atoms. The average molecular weight is 615 g/mol. The Morgan fingerprint density at radius 1 is 1.00 bits per heavy atom. The van der Waals surface area contributed by atoms with Crippen molar-refractivity contribution < 1.29 is 36.8 Å². The minimum absolute atomic E-state index is 0. The topological polar surface area (TPSA) is 131 Å². The van der Waals surface area contributed by atoms with E-state index in [1.807, 2.05) is 12.1 Å². The molecule has 0 saturated carbocycles. The fourth-order valence-corrected chi connectivity index (χ4v) is 4.20. The van der Waals surface area contributed by atoms with Crippen LogP contribution >= 0.6 is 23.2 Å². The van der Waals surface area contributed by atoms with Gasteiger partial charge in [0.15, 0.2) is 0 Å². The average Bonchev–Trinajstić information content (AvgIpc) is 3.43. The summed E-state index contributed by atoms with van der Waals surface area (Å²) in [5, 5.41) is 18.6. The van der Waals surface area contributed by atoms with Gasteiger partial charge in [0.05, 0.1) is 11.4 Å². The van der Waals surface area contributed by atoms with E-state index in [1.165, 1.54) is 10.4 Å². The molecule has 12 heteroatoms. The van der Waals surface area contributed by atoms with Gasteiger partial charge in [-0.2, -0.15) is 10.1 Å². The molecule has 0 atom stereocenters. The van der Waals surface area contributed by atoms with Crippen LogP contribution in [0.1, 0.15) is 18.1 Å². The van der Waals surface area contributed by atoms with Gasteiger partial charge in [-0.25, -0.2) is 0 Å². The van der Waals surface area contributed by atoms with Crippen molar-refractivity contribution in [2.45, 2.75) is 6.92 Å². The Bertz CT molecular complexity index is 1660. The molecule has 2 heterocycles. The van der Waals surface area contributed by atoms with E-state index in [4.69, 9.17) is 28.5 Å². The first-order valence-corrected chi connectivity index (χ1v) is 12.4. The molecule has 3 N–H and O–H groups in total. The van der Waals surface area contributed by atoms with E-state index in [0.717, 1.165) is 0 Å². The predicted molar refractivity (Wildman–Crippen MR) is 150 cm³/mol. The number of anilines is 1. The molecular formula is C28H19Cl2N7NiO2+2. The number of hydrogen-bond donors (Lipinski definition) is 2. The summed E-state index contributed by atoms with van der Waals surface area (Å²) >= 11 is 11.9. The number of rotatable bonds is 5. The van der Waals surface area contributed by atoms with Crippen LogP contribution in [0.3, 0.4) is 0 Å². The zero-order valence-corrected chi connectivity index (χ0v) is 23.2. The fourth-order valence-electron chi connectivity index (χ4n) is 3.95. The third kappa shape index (κ3) is 5.83. The minimum Gasteiger partial charge on any atom is -0.622 e. The van der Waals surface area contributed by atoms with E-state index in [9.17, 15) is 9.59 Å². The first-order chi connectivity index (χ1) is 18.9. The zero-order valence-electron chi connectivity index (χ0n) is 20.7. The first-order valence-electron chi connectivity index (χ1n) is 11.6. The predicted octanol–water partition coefficient (Wildman–Crippen LogP) is 3.63. The number of hydrazone groups is 1. The number of fused-ring (bicyclic) bond motifs is 1. The molecule has 0 fully saturated rings. The number of benzene rings is 3. The molecule has 0 radical (unpaired) electrons. The molecule has 0 aromatic heterocycles. The third-order valence-electron chi connectivity index (χ3n) is 5.85. The van der Waals surface area contributed by atoms with Gasteiger partial charge < -0.3 is 15.1 Å². The summed E-state index contributed by atoms with van der Waals surface area (Å²) < 4.78 is 0. The second-order valence-corrected chi connectivity index (χ2v) is 9.23. The van der Waals surface area contributed by atoms with Gasteiger partial charge >= 0.3 is 22.6 Å². The van der Waals surface area contributed by atoms with Crippen LogP contribution in [0.2, 0.25) is 10.0 Å². The smallest absolute Gasteiger partial charge is 0.622 e. The molecule has 3 aromatic carbocycles. The molecule has 40 heavy (non-hydrogen) atoms. The number of nitrogens with zero attached hydrogens (tertiary/aromatic N) is 5. The maximum Gasteiger partial charge on any atom is 2.00 e. The van der Waals surface area contributed by atoms with Crippen LogP contribution in [-0.4, -0.2) is 23.4 Å².